The molecule has 0 aliphatic carbocycles. The average molecular weight is 753 g/mol. The van der Waals surface area contributed by atoms with E-state index in [9.17, 15) is 0 Å². The van der Waals surface area contributed by atoms with E-state index in [-0.39, 0.29) is 0 Å². The molecular formula is C52H44N6. The van der Waals surface area contributed by atoms with Crippen molar-refractivity contribution < 1.29 is 0 Å². The lowest BCUT2D eigenvalue weighted by Crippen LogP contribution is -1.99. The lowest BCUT2D eigenvalue weighted by Gasteiger charge is -2.13. The molecule has 6 nitrogen and oxygen atoms in total. The summed E-state index contributed by atoms with van der Waals surface area (Å²) in [7, 11) is 0. The molecule has 0 aliphatic rings. The smallest absolute Gasteiger partial charge is 0.160 e. The fraction of sp³-hybridized carbons (Fsp3) is 0.0769. The highest BCUT2D eigenvalue weighted by molar-refractivity contribution is 6.20. The molecule has 10 aromatic rings. The molecule has 5 heterocycles. The fourth-order valence-corrected chi connectivity index (χ4v) is 7.38. The Hall–Kier alpha value is -7.44. The lowest BCUT2D eigenvalue weighted by atomic mass is 10.0. The van der Waals surface area contributed by atoms with Crippen molar-refractivity contribution in [1.29, 1.82) is 0 Å². The van der Waals surface area contributed by atoms with Crippen LogP contribution in [0.5, 0.6) is 0 Å². The number of allylic oxidation sites excluding steroid dienone is 3. The van der Waals surface area contributed by atoms with E-state index in [1.807, 2.05) is 76.2 Å². The minimum atomic E-state index is 0.616. The zero-order chi connectivity index (χ0) is 40.0. The number of para-hydroxylation sites is 2. The van der Waals surface area contributed by atoms with E-state index in [2.05, 4.69) is 141 Å². The molecule has 0 saturated carbocycles. The summed E-state index contributed by atoms with van der Waals surface area (Å²) in [6.45, 7) is 11.6. The number of aromatic nitrogens is 6. The second-order valence-corrected chi connectivity index (χ2v) is 13.9. The van der Waals surface area contributed by atoms with Gasteiger partial charge in [-0.25, -0.2) is 9.97 Å². The molecule has 0 amide bonds. The van der Waals surface area contributed by atoms with Gasteiger partial charge in [-0.3, -0.25) is 9.97 Å². The van der Waals surface area contributed by atoms with E-state index in [4.69, 9.17) is 9.97 Å². The molecule has 10 rings (SSSR count). The Morgan fingerprint density at radius 2 is 1.21 bits per heavy atom. The number of fused-ring (bicyclic) bond motifs is 6. The van der Waals surface area contributed by atoms with Gasteiger partial charge in [0.15, 0.2) is 5.82 Å². The van der Waals surface area contributed by atoms with E-state index >= 15 is 0 Å². The van der Waals surface area contributed by atoms with Gasteiger partial charge in [0.25, 0.3) is 0 Å². The summed E-state index contributed by atoms with van der Waals surface area (Å²) in [5, 5.41) is 6.01. The van der Waals surface area contributed by atoms with Gasteiger partial charge in [0.1, 0.15) is 0 Å². The number of nitrogens with zero attached hydrogens (tertiary/aromatic N) is 6. The summed E-state index contributed by atoms with van der Waals surface area (Å²) in [5.74, 6) is 0.616. The van der Waals surface area contributed by atoms with Gasteiger partial charge >= 0.3 is 0 Å². The average Bonchev–Trinajstić information content (AvgIpc) is 3.86. The van der Waals surface area contributed by atoms with E-state index in [0.717, 1.165) is 45.2 Å². The summed E-state index contributed by atoms with van der Waals surface area (Å²) >= 11 is 0. The van der Waals surface area contributed by atoms with Crippen molar-refractivity contribution in [2.75, 3.05) is 0 Å². The first-order valence-corrected chi connectivity index (χ1v) is 19.7. The van der Waals surface area contributed by atoms with Crippen LogP contribution in [0.25, 0.3) is 89.0 Å². The Morgan fingerprint density at radius 1 is 0.534 bits per heavy atom. The molecule has 0 radical (unpaired) electrons. The van der Waals surface area contributed by atoms with E-state index in [0.29, 0.717) is 5.82 Å². The van der Waals surface area contributed by atoms with Crippen molar-refractivity contribution in [3.05, 3.63) is 195 Å². The van der Waals surface area contributed by atoms with Crippen LogP contribution in [-0.4, -0.2) is 29.1 Å². The first-order valence-electron chi connectivity index (χ1n) is 19.7. The van der Waals surface area contributed by atoms with E-state index < -0.39 is 0 Å². The Balaban J connectivity index is 0.000000541. The maximum Gasteiger partial charge on any atom is 0.160 e. The van der Waals surface area contributed by atoms with Crippen LogP contribution >= 0.6 is 0 Å². The minimum absolute atomic E-state index is 0.616. The summed E-state index contributed by atoms with van der Waals surface area (Å²) in [6.07, 6.45) is 9.49. The maximum absolute atomic E-state index is 5.04. The molecule has 0 saturated heterocycles. The molecule has 0 bridgehead atoms. The van der Waals surface area contributed by atoms with Crippen molar-refractivity contribution in [2.24, 2.45) is 0 Å². The third-order valence-corrected chi connectivity index (χ3v) is 9.89. The highest BCUT2D eigenvalue weighted by atomic mass is 15.0. The number of rotatable bonds is 6. The summed E-state index contributed by atoms with van der Waals surface area (Å²) < 4.78 is 4.65. The highest BCUT2D eigenvalue weighted by Crippen LogP contribution is 2.39. The summed E-state index contributed by atoms with van der Waals surface area (Å²) in [4.78, 5) is 19.3. The largest absolute Gasteiger partial charge is 0.317 e. The van der Waals surface area contributed by atoms with Crippen molar-refractivity contribution in [1.82, 2.24) is 29.1 Å². The van der Waals surface area contributed by atoms with Gasteiger partial charge in [0.05, 0.1) is 39.3 Å². The maximum atomic E-state index is 5.04. The number of hydrogen-bond donors (Lipinski definition) is 0. The molecule has 5 aromatic carbocycles. The van der Waals surface area contributed by atoms with Crippen LogP contribution in [-0.2, 0) is 0 Å². The molecule has 0 unspecified atom stereocenters. The normalized spacial score (nSPS) is 10.8. The molecule has 282 valence electrons. The topological polar surface area (TPSA) is 61.4 Å². The van der Waals surface area contributed by atoms with Gasteiger partial charge in [-0.2, -0.15) is 0 Å². The molecule has 0 aliphatic heterocycles. The summed E-state index contributed by atoms with van der Waals surface area (Å²) in [5.41, 5.74) is 10.9. The first-order chi connectivity index (χ1) is 28.6. The molecule has 0 N–H and O–H groups in total. The Labute approximate surface area is 339 Å². The van der Waals surface area contributed by atoms with Crippen LogP contribution in [0.15, 0.2) is 195 Å². The van der Waals surface area contributed by atoms with Crippen molar-refractivity contribution in [3.8, 4) is 45.5 Å². The lowest BCUT2D eigenvalue weighted by molar-refractivity contribution is 1.13. The third-order valence-electron chi connectivity index (χ3n) is 9.89. The van der Waals surface area contributed by atoms with Gasteiger partial charge in [-0.15, -0.1) is 0 Å². The van der Waals surface area contributed by atoms with Crippen LogP contribution in [0.2, 0.25) is 0 Å². The van der Waals surface area contributed by atoms with Gasteiger partial charge in [-0.1, -0.05) is 111 Å². The van der Waals surface area contributed by atoms with Crippen molar-refractivity contribution >= 4 is 43.5 Å². The monoisotopic (exact) mass is 752 g/mol. The van der Waals surface area contributed by atoms with Crippen LogP contribution in [0.3, 0.4) is 0 Å². The minimum Gasteiger partial charge on any atom is -0.317 e. The third kappa shape index (κ3) is 7.31. The van der Waals surface area contributed by atoms with Crippen LogP contribution in [0.1, 0.15) is 27.7 Å². The molecule has 5 aromatic heterocycles. The zero-order valence-corrected chi connectivity index (χ0v) is 33.2. The molecule has 0 atom stereocenters. The standard InChI is InChI=1S/C44H28N6.C6H10.C2H6/c1-2-12-32(13-3-1)49-24-21-30-26-36-29(27-42(30)49)19-20-35-34-15-4-5-18-41(34)50(43(35)36)33-14-10-11-31(25-33)44-47-39(37-16-6-8-22-45-37)28-40(48-44)38-17-7-9-23-46-38;1-4-5-6(2)3;1-2/h1-28H;4-5H,1H2,2-3H3;1-2H3. The van der Waals surface area contributed by atoms with Crippen LogP contribution in [0, 0.1) is 0 Å². The first kappa shape index (κ1) is 37.5. The van der Waals surface area contributed by atoms with Crippen LogP contribution in [0.4, 0.5) is 0 Å². The molecular weight excluding hydrogens is 709 g/mol. The Kier molecular flexibility index (Phi) is 10.8. The van der Waals surface area contributed by atoms with Gasteiger partial charge in [-0.05, 0) is 98.1 Å². The van der Waals surface area contributed by atoms with Crippen molar-refractivity contribution in [2.45, 2.75) is 27.7 Å². The second kappa shape index (κ2) is 16.7. The van der Waals surface area contributed by atoms with Gasteiger partial charge in [0, 0.05) is 57.1 Å². The van der Waals surface area contributed by atoms with E-state index in [1.54, 1.807) is 18.5 Å². The molecule has 6 heteroatoms. The number of benzene rings is 5. The number of hydrogen-bond acceptors (Lipinski definition) is 4. The highest BCUT2D eigenvalue weighted by Gasteiger charge is 2.18. The molecule has 0 fully saturated rings. The van der Waals surface area contributed by atoms with Gasteiger partial charge in [0.2, 0.25) is 0 Å². The van der Waals surface area contributed by atoms with Gasteiger partial charge < -0.3 is 9.13 Å². The van der Waals surface area contributed by atoms with Crippen molar-refractivity contribution in [3.63, 3.8) is 0 Å². The second-order valence-electron chi connectivity index (χ2n) is 13.9. The number of pyridine rings is 2. The summed E-state index contributed by atoms with van der Waals surface area (Å²) in [6, 6.07) is 52.7. The van der Waals surface area contributed by atoms with Crippen LogP contribution < -0.4 is 0 Å². The Bertz CT molecular complexity index is 2990. The molecule has 58 heavy (non-hydrogen) atoms. The fourth-order valence-electron chi connectivity index (χ4n) is 7.38. The predicted octanol–water partition coefficient (Wildman–Crippen LogP) is 13.6. The quantitative estimate of drug-likeness (QED) is 0.159. The SMILES string of the molecule is C=CC=C(C)C.CC.c1ccc(-n2ccc3cc4c(ccc5c6ccccc6n(-c6cccc(-c7nc(-c8ccccn8)cc(-c8ccccn8)n7)c6)c45)cc32)cc1. The predicted molar refractivity (Wildman–Crippen MR) is 244 cm³/mol. The Morgan fingerprint density at radius 3 is 1.86 bits per heavy atom. The van der Waals surface area contributed by atoms with E-state index in [1.165, 1.54) is 43.5 Å². The zero-order valence-electron chi connectivity index (χ0n) is 33.2. The molecule has 0 spiro atoms.